The summed E-state index contributed by atoms with van der Waals surface area (Å²) >= 11 is 1.42. The third kappa shape index (κ3) is 3.64. The fourth-order valence-electron chi connectivity index (χ4n) is 3.12. The van der Waals surface area contributed by atoms with E-state index in [1.54, 1.807) is 48.5 Å². The second-order valence-electron chi connectivity index (χ2n) is 6.60. The summed E-state index contributed by atoms with van der Waals surface area (Å²) < 4.78 is 51.3. The molecule has 1 aliphatic rings. The Morgan fingerprint density at radius 2 is 1.57 bits per heavy atom. The van der Waals surface area contributed by atoms with Gasteiger partial charge in [-0.1, -0.05) is 29.5 Å². The number of piperazine rings is 1. The van der Waals surface area contributed by atoms with Gasteiger partial charge in [0.15, 0.2) is 15.0 Å². The highest BCUT2D eigenvalue weighted by Crippen LogP contribution is 2.31. The SMILES string of the molecule is CS(=O)(=O)c1ccc2nc(N3CCN(S(=O)(=O)c4ccccc4)CC3)sc2c1. The molecule has 2 aromatic carbocycles. The molecule has 28 heavy (non-hydrogen) atoms. The Balaban J connectivity index is 1.52. The lowest BCUT2D eigenvalue weighted by atomic mass is 10.3. The van der Waals surface area contributed by atoms with Gasteiger partial charge in [0.25, 0.3) is 0 Å². The van der Waals surface area contributed by atoms with Gasteiger partial charge < -0.3 is 4.90 Å². The van der Waals surface area contributed by atoms with Crippen LogP contribution in [0.4, 0.5) is 5.13 Å². The van der Waals surface area contributed by atoms with E-state index < -0.39 is 19.9 Å². The molecule has 3 aromatic rings. The average Bonchev–Trinajstić information content (AvgIpc) is 3.11. The summed E-state index contributed by atoms with van der Waals surface area (Å²) in [4.78, 5) is 7.20. The van der Waals surface area contributed by atoms with E-state index in [2.05, 4.69) is 4.98 Å². The van der Waals surface area contributed by atoms with Crippen LogP contribution in [0.2, 0.25) is 0 Å². The smallest absolute Gasteiger partial charge is 0.243 e. The second-order valence-corrected chi connectivity index (χ2v) is 11.6. The van der Waals surface area contributed by atoms with Gasteiger partial charge >= 0.3 is 0 Å². The Morgan fingerprint density at radius 1 is 0.893 bits per heavy atom. The predicted octanol–water partition coefficient (Wildman–Crippen LogP) is 2.21. The molecule has 0 bridgehead atoms. The summed E-state index contributed by atoms with van der Waals surface area (Å²) in [5, 5.41) is 0.775. The van der Waals surface area contributed by atoms with Crippen LogP contribution in [0.1, 0.15) is 0 Å². The van der Waals surface area contributed by atoms with E-state index in [9.17, 15) is 16.8 Å². The number of hydrogen-bond acceptors (Lipinski definition) is 7. The van der Waals surface area contributed by atoms with Gasteiger partial charge in [-0.15, -0.1) is 0 Å². The van der Waals surface area contributed by atoms with Gasteiger partial charge in [-0.25, -0.2) is 21.8 Å². The van der Waals surface area contributed by atoms with Gasteiger partial charge in [0, 0.05) is 32.4 Å². The minimum Gasteiger partial charge on any atom is -0.345 e. The standard InChI is InChI=1S/C18H19N3O4S3/c1-27(22,23)15-7-8-16-17(13-15)26-18(19-16)20-9-11-21(12-10-20)28(24,25)14-5-3-2-4-6-14/h2-8,13H,9-12H2,1H3. The van der Waals surface area contributed by atoms with Crippen LogP contribution in [0.3, 0.4) is 0 Å². The predicted molar refractivity (Wildman–Crippen MR) is 110 cm³/mol. The normalized spacial score (nSPS) is 16.5. The molecule has 0 N–H and O–H groups in total. The highest BCUT2D eigenvalue weighted by atomic mass is 32.2. The molecule has 0 unspecified atom stereocenters. The molecule has 0 saturated carbocycles. The lowest BCUT2D eigenvalue weighted by Crippen LogP contribution is -2.48. The lowest BCUT2D eigenvalue weighted by molar-refractivity contribution is 0.385. The largest absolute Gasteiger partial charge is 0.345 e. The monoisotopic (exact) mass is 437 g/mol. The van der Waals surface area contributed by atoms with Gasteiger partial charge in [0.1, 0.15) is 0 Å². The van der Waals surface area contributed by atoms with E-state index in [1.807, 2.05) is 4.90 Å². The maximum absolute atomic E-state index is 12.7. The maximum atomic E-state index is 12.7. The Labute approximate surface area is 168 Å². The van der Waals surface area contributed by atoms with Crippen LogP contribution in [0.25, 0.3) is 10.2 Å². The topological polar surface area (TPSA) is 87.7 Å². The van der Waals surface area contributed by atoms with Crippen molar-refractivity contribution < 1.29 is 16.8 Å². The number of thiazole rings is 1. The maximum Gasteiger partial charge on any atom is 0.243 e. The van der Waals surface area contributed by atoms with E-state index in [4.69, 9.17) is 0 Å². The van der Waals surface area contributed by atoms with Gasteiger partial charge in [0.2, 0.25) is 10.0 Å². The van der Waals surface area contributed by atoms with Crippen molar-refractivity contribution in [3.8, 4) is 0 Å². The molecule has 148 valence electrons. The molecule has 0 atom stereocenters. The van der Waals surface area contributed by atoms with Gasteiger partial charge in [-0.3, -0.25) is 0 Å². The van der Waals surface area contributed by atoms with E-state index >= 15 is 0 Å². The van der Waals surface area contributed by atoms with E-state index in [1.165, 1.54) is 21.9 Å². The van der Waals surface area contributed by atoms with Crippen LogP contribution in [0, 0.1) is 0 Å². The molecule has 1 aromatic heterocycles. The molecule has 0 spiro atoms. The molecule has 2 heterocycles. The van der Waals surface area contributed by atoms with E-state index in [0.29, 0.717) is 31.1 Å². The molecule has 1 fully saturated rings. The lowest BCUT2D eigenvalue weighted by Gasteiger charge is -2.33. The minimum atomic E-state index is -3.49. The number of aromatic nitrogens is 1. The molecule has 0 aliphatic carbocycles. The van der Waals surface area contributed by atoms with Gasteiger partial charge in [-0.05, 0) is 30.3 Å². The molecular formula is C18H19N3O4S3. The quantitative estimate of drug-likeness (QED) is 0.622. The first kappa shape index (κ1) is 19.3. The van der Waals surface area contributed by atoms with Crippen molar-refractivity contribution in [1.82, 2.24) is 9.29 Å². The molecule has 7 nitrogen and oxygen atoms in total. The van der Waals surface area contributed by atoms with Crippen molar-refractivity contribution in [3.05, 3.63) is 48.5 Å². The fraction of sp³-hybridized carbons (Fsp3) is 0.278. The molecular weight excluding hydrogens is 418 g/mol. The van der Waals surface area contributed by atoms with Crippen molar-refractivity contribution in [2.24, 2.45) is 0 Å². The number of nitrogens with zero attached hydrogens (tertiary/aromatic N) is 3. The van der Waals surface area contributed by atoms with Crippen molar-refractivity contribution in [3.63, 3.8) is 0 Å². The Kier molecular flexibility index (Phi) is 4.90. The molecule has 0 amide bonds. The summed E-state index contributed by atoms with van der Waals surface area (Å²) in [5.74, 6) is 0. The van der Waals surface area contributed by atoms with Crippen LogP contribution in [0.15, 0.2) is 58.3 Å². The number of benzene rings is 2. The third-order valence-corrected chi connectivity index (χ3v) is 8.77. The third-order valence-electron chi connectivity index (χ3n) is 4.67. The number of anilines is 1. The summed E-state index contributed by atoms with van der Waals surface area (Å²) in [6.45, 7) is 1.82. The highest BCUT2D eigenvalue weighted by molar-refractivity contribution is 7.90. The number of rotatable bonds is 4. The number of sulfone groups is 1. The summed E-state index contributed by atoms with van der Waals surface area (Å²) in [6, 6.07) is 13.3. The number of sulfonamides is 1. The summed E-state index contributed by atoms with van der Waals surface area (Å²) in [7, 11) is -6.76. The van der Waals surface area contributed by atoms with Gasteiger partial charge in [0.05, 0.1) is 20.0 Å². The van der Waals surface area contributed by atoms with E-state index in [0.717, 1.165) is 15.3 Å². The van der Waals surface area contributed by atoms with Crippen molar-refractivity contribution >= 4 is 46.5 Å². The van der Waals surface area contributed by atoms with Crippen LogP contribution in [-0.2, 0) is 19.9 Å². The van der Waals surface area contributed by atoms with Crippen LogP contribution < -0.4 is 4.90 Å². The van der Waals surface area contributed by atoms with Gasteiger partial charge in [-0.2, -0.15) is 4.31 Å². The van der Waals surface area contributed by atoms with Crippen molar-refractivity contribution in [2.45, 2.75) is 9.79 Å². The zero-order valence-corrected chi connectivity index (χ0v) is 17.6. The first-order valence-electron chi connectivity index (χ1n) is 8.66. The van der Waals surface area contributed by atoms with Crippen LogP contribution in [-0.4, -0.2) is 58.6 Å². The Morgan fingerprint density at radius 3 is 2.21 bits per heavy atom. The van der Waals surface area contributed by atoms with Crippen LogP contribution in [0.5, 0.6) is 0 Å². The number of fused-ring (bicyclic) bond motifs is 1. The number of hydrogen-bond donors (Lipinski definition) is 0. The van der Waals surface area contributed by atoms with Crippen molar-refractivity contribution in [1.29, 1.82) is 0 Å². The Hall–Kier alpha value is -2.01. The summed E-state index contributed by atoms with van der Waals surface area (Å²) in [5.41, 5.74) is 0.742. The molecule has 4 rings (SSSR count). The zero-order chi connectivity index (χ0) is 19.9. The fourth-order valence-corrected chi connectivity index (χ4v) is 6.34. The molecule has 1 aliphatic heterocycles. The first-order valence-corrected chi connectivity index (χ1v) is 12.8. The average molecular weight is 438 g/mol. The minimum absolute atomic E-state index is 0.272. The molecule has 0 radical (unpaired) electrons. The molecule has 10 heteroatoms. The first-order chi connectivity index (χ1) is 13.2. The zero-order valence-electron chi connectivity index (χ0n) is 15.1. The molecule has 1 saturated heterocycles. The highest BCUT2D eigenvalue weighted by Gasteiger charge is 2.29. The second kappa shape index (κ2) is 7.11. The van der Waals surface area contributed by atoms with Crippen LogP contribution >= 0.6 is 11.3 Å². The van der Waals surface area contributed by atoms with Crippen molar-refractivity contribution in [2.75, 3.05) is 37.3 Å². The Bertz CT molecular complexity index is 1210. The summed E-state index contributed by atoms with van der Waals surface area (Å²) in [6.07, 6.45) is 1.18. The van der Waals surface area contributed by atoms with E-state index in [-0.39, 0.29) is 4.90 Å².